The maximum absolute atomic E-state index is 12.4. The number of aromatic nitrogens is 2. The molecule has 0 unspecified atom stereocenters. The normalized spacial score (nSPS) is 10.5. The van der Waals surface area contributed by atoms with Crippen molar-refractivity contribution < 1.29 is 4.79 Å². The first kappa shape index (κ1) is 18.9. The molecule has 0 saturated heterocycles. The van der Waals surface area contributed by atoms with E-state index < -0.39 is 0 Å². The highest BCUT2D eigenvalue weighted by Crippen LogP contribution is 2.24. The number of hydrogen-bond acceptors (Lipinski definition) is 4. The number of halogens is 1. The van der Waals surface area contributed by atoms with Crippen LogP contribution in [0, 0.1) is 20.8 Å². The van der Waals surface area contributed by atoms with E-state index in [2.05, 4.69) is 39.7 Å². The minimum Gasteiger partial charge on any atom is -0.347 e. The zero-order valence-electron chi connectivity index (χ0n) is 15.5. The van der Waals surface area contributed by atoms with E-state index in [1.54, 1.807) is 24.4 Å². The number of anilines is 2. The fraction of sp³-hybridized carbons (Fsp3) is 0.190. The van der Waals surface area contributed by atoms with Crippen molar-refractivity contribution in [1.82, 2.24) is 15.3 Å². The predicted molar refractivity (Wildman–Crippen MR) is 109 cm³/mol. The van der Waals surface area contributed by atoms with E-state index >= 15 is 0 Å². The van der Waals surface area contributed by atoms with Crippen LogP contribution < -0.4 is 10.6 Å². The molecule has 0 fully saturated rings. The van der Waals surface area contributed by atoms with E-state index in [0.29, 0.717) is 23.2 Å². The Balaban J connectivity index is 1.71. The molecule has 2 N–H and O–H groups in total. The van der Waals surface area contributed by atoms with Gasteiger partial charge in [-0.25, -0.2) is 9.97 Å². The van der Waals surface area contributed by atoms with Crippen molar-refractivity contribution in [3.05, 3.63) is 81.6 Å². The number of nitrogens with zero attached hydrogens (tertiary/aromatic N) is 2. The van der Waals surface area contributed by atoms with E-state index in [9.17, 15) is 4.79 Å². The van der Waals surface area contributed by atoms with Gasteiger partial charge in [-0.3, -0.25) is 4.79 Å². The second-order valence-corrected chi connectivity index (χ2v) is 6.91. The van der Waals surface area contributed by atoms with Crippen molar-refractivity contribution in [3.8, 4) is 0 Å². The largest absolute Gasteiger partial charge is 0.347 e. The third-order valence-corrected chi connectivity index (χ3v) is 4.42. The molecule has 0 atom stereocenters. The Bertz CT molecular complexity index is 947. The summed E-state index contributed by atoms with van der Waals surface area (Å²) in [4.78, 5) is 21.0. The topological polar surface area (TPSA) is 66.9 Å². The molecule has 0 aliphatic heterocycles. The summed E-state index contributed by atoms with van der Waals surface area (Å²) in [5, 5.41) is 6.75. The minimum absolute atomic E-state index is 0.257. The molecule has 6 heteroatoms. The first-order valence-corrected chi connectivity index (χ1v) is 9.01. The summed E-state index contributed by atoms with van der Waals surface area (Å²) >= 11 is 5.87. The first-order chi connectivity index (χ1) is 12.9. The second kappa shape index (κ2) is 8.18. The van der Waals surface area contributed by atoms with Crippen molar-refractivity contribution in [2.75, 3.05) is 5.32 Å². The molecular weight excluding hydrogens is 360 g/mol. The van der Waals surface area contributed by atoms with Crippen molar-refractivity contribution in [3.63, 3.8) is 0 Å². The van der Waals surface area contributed by atoms with Crippen molar-refractivity contribution >= 4 is 29.1 Å². The van der Waals surface area contributed by atoms with E-state index in [1.165, 1.54) is 5.56 Å². The molecule has 2 aromatic carbocycles. The van der Waals surface area contributed by atoms with Crippen LogP contribution in [-0.2, 0) is 6.54 Å². The van der Waals surface area contributed by atoms with Gasteiger partial charge in [-0.2, -0.15) is 0 Å². The van der Waals surface area contributed by atoms with Crippen LogP contribution in [0.4, 0.5) is 11.6 Å². The van der Waals surface area contributed by atoms with Crippen LogP contribution in [0.25, 0.3) is 0 Å². The molecule has 5 nitrogen and oxygen atoms in total. The summed E-state index contributed by atoms with van der Waals surface area (Å²) in [7, 11) is 0. The number of nitrogens with one attached hydrogen (secondary N) is 2. The molecule has 0 aliphatic carbocycles. The molecular formula is C21H21ClN4O. The Morgan fingerprint density at radius 3 is 2.37 bits per heavy atom. The van der Waals surface area contributed by atoms with Gasteiger partial charge in [0.25, 0.3) is 5.91 Å². The molecule has 0 bridgehead atoms. The summed E-state index contributed by atoms with van der Waals surface area (Å²) in [6.45, 7) is 6.53. The van der Waals surface area contributed by atoms with Gasteiger partial charge in [-0.15, -0.1) is 0 Å². The van der Waals surface area contributed by atoms with Gasteiger partial charge in [0.1, 0.15) is 5.69 Å². The van der Waals surface area contributed by atoms with Crippen LogP contribution in [0.3, 0.4) is 0 Å². The van der Waals surface area contributed by atoms with E-state index in [-0.39, 0.29) is 5.91 Å². The lowest BCUT2D eigenvalue weighted by atomic mass is 10.1. The zero-order chi connectivity index (χ0) is 19.4. The van der Waals surface area contributed by atoms with Crippen molar-refractivity contribution in [1.29, 1.82) is 0 Å². The average molecular weight is 381 g/mol. The van der Waals surface area contributed by atoms with Gasteiger partial charge >= 0.3 is 0 Å². The van der Waals surface area contributed by atoms with Crippen LogP contribution in [0.2, 0.25) is 5.02 Å². The number of carbonyl (C=O) groups excluding carboxylic acids is 1. The minimum atomic E-state index is -0.257. The summed E-state index contributed by atoms with van der Waals surface area (Å²) in [6.07, 6.45) is 1.57. The highest BCUT2D eigenvalue weighted by atomic mass is 35.5. The molecule has 1 aromatic heterocycles. The number of rotatable bonds is 5. The lowest BCUT2D eigenvalue weighted by Crippen LogP contribution is -2.24. The van der Waals surface area contributed by atoms with Gasteiger partial charge in [0.2, 0.25) is 5.95 Å². The van der Waals surface area contributed by atoms with Gasteiger partial charge in [0, 0.05) is 23.5 Å². The molecule has 0 spiro atoms. The lowest BCUT2D eigenvalue weighted by Gasteiger charge is -2.13. The standard InChI is InChI=1S/C21H21ClN4O/c1-13-10-14(2)19(15(3)11-13)26-21-23-9-8-18(25-21)20(27)24-12-16-4-6-17(22)7-5-16/h4-11H,12H2,1-3H3,(H,24,27)(H,23,25,26). The Labute approximate surface area is 163 Å². The number of hydrogen-bond donors (Lipinski definition) is 2. The van der Waals surface area contributed by atoms with Gasteiger partial charge in [0.05, 0.1) is 0 Å². The fourth-order valence-electron chi connectivity index (χ4n) is 2.91. The summed E-state index contributed by atoms with van der Waals surface area (Å²) < 4.78 is 0. The third-order valence-electron chi connectivity index (χ3n) is 4.17. The van der Waals surface area contributed by atoms with Crippen molar-refractivity contribution in [2.45, 2.75) is 27.3 Å². The summed E-state index contributed by atoms with van der Waals surface area (Å²) in [5.74, 6) is 0.136. The number of aryl methyl sites for hydroxylation is 3. The third kappa shape index (κ3) is 4.83. The highest BCUT2D eigenvalue weighted by molar-refractivity contribution is 6.30. The second-order valence-electron chi connectivity index (χ2n) is 6.47. The summed E-state index contributed by atoms with van der Waals surface area (Å²) in [6, 6.07) is 13.1. The Morgan fingerprint density at radius 2 is 1.70 bits per heavy atom. The quantitative estimate of drug-likeness (QED) is 0.671. The Kier molecular flexibility index (Phi) is 5.72. The van der Waals surface area contributed by atoms with Crippen LogP contribution in [-0.4, -0.2) is 15.9 Å². The molecule has 1 heterocycles. The van der Waals surface area contributed by atoms with Gasteiger partial charge in [-0.1, -0.05) is 41.4 Å². The molecule has 1 amide bonds. The Hall–Kier alpha value is -2.92. The van der Waals surface area contributed by atoms with Gasteiger partial charge < -0.3 is 10.6 Å². The van der Waals surface area contributed by atoms with Crippen molar-refractivity contribution in [2.24, 2.45) is 0 Å². The highest BCUT2D eigenvalue weighted by Gasteiger charge is 2.11. The van der Waals surface area contributed by atoms with Gasteiger partial charge in [-0.05, 0) is 55.7 Å². The number of benzene rings is 2. The maximum Gasteiger partial charge on any atom is 0.270 e. The van der Waals surface area contributed by atoms with E-state index in [4.69, 9.17) is 11.6 Å². The molecule has 3 aromatic rings. The number of amides is 1. The maximum atomic E-state index is 12.4. The Morgan fingerprint density at radius 1 is 1.04 bits per heavy atom. The van der Waals surface area contributed by atoms with Crippen LogP contribution in [0.5, 0.6) is 0 Å². The fourth-order valence-corrected chi connectivity index (χ4v) is 3.04. The van der Waals surface area contributed by atoms with Crippen LogP contribution in [0.15, 0.2) is 48.7 Å². The molecule has 3 rings (SSSR count). The SMILES string of the molecule is Cc1cc(C)c(Nc2nccc(C(=O)NCc3ccc(Cl)cc3)n2)c(C)c1. The molecule has 138 valence electrons. The van der Waals surface area contributed by atoms with Crippen LogP contribution >= 0.6 is 11.6 Å². The van der Waals surface area contributed by atoms with Gasteiger partial charge in [0.15, 0.2) is 0 Å². The summed E-state index contributed by atoms with van der Waals surface area (Å²) in [5.41, 5.74) is 5.64. The monoisotopic (exact) mass is 380 g/mol. The van der Waals surface area contributed by atoms with E-state index in [0.717, 1.165) is 22.4 Å². The lowest BCUT2D eigenvalue weighted by molar-refractivity contribution is 0.0946. The average Bonchev–Trinajstić information content (AvgIpc) is 2.64. The number of carbonyl (C=O) groups is 1. The molecule has 27 heavy (non-hydrogen) atoms. The smallest absolute Gasteiger partial charge is 0.270 e. The zero-order valence-corrected chi connectivity index (χ0v) is 16.3. The molecule has 0 aliphatic rings. The van der Waals surface area contributed by atoms with Crippen LogP contribution in [0.1, 0.15) is 32.7 Å². The molecule has 0 radical (unpaired) electrons. The predicted octanol–water partition coefficient (Wildman–Crippen LogP) is 4.73. The first-order valence-electron chi connectivity index (χ1n) is 8.63. The molecule has 0 saturated carbocycles. The van der Waals surface area contributed by atoms with E-state index in [1.807, 2.05) is 26.0 Å².